The highest BCUT2D eigenvalue weighted by molar-refractivity contribution is 5.27. The molecule has 0 bridgehead atoms. The van der Waals surface area contributed by atoms with Crippen LogP contribution in [0.15, 0.2) is 48.6 Å². The van der Waals surface area contributed by atoms with E-state index in [4.69, 9.17) is 10.00 Å². The van der Waals surface area contributed by atoms with Gasteiger partial charge in [0.25, 0.3) is 0 Å². The summed E-state index contributed by atoms with van der Waals surface area (Å²) in [5, 5.41) is 8.45. The maximum Gasteiger partial charge on any atom is 0.416 e. The summed E-state index contributed by atoms with van der Waals surface area (Å²) < 4.78 is 44.5. The molecular formula is C27H34F3NO. The molecule has 1 aromatic carbocycles. The first-order valence-electron chi connectivity index (χ1n) is 12.0. The molecule has 0 N–H and O–H groups in total. The minimum atomic E-state index is -4.26. The molecule has 0 unspecified atom stereocenters. The normalized spacial score (nSPS) is 27.1. The van der Waals surface area contributed by atoms with Gasteiger partial charge in [-0.05, 0) is 99.7 Å². The number of hydrogen-bond acceptors (Lipinski definition) is 2. The molecule has 5 heteroatoms. The molecule has 174 valence electrons. The highest BCUT2D eigenvalue weighted by Crippen LogP contribution is 2.38. The first-order chi connectivity index (χ1) is 15.5. The Bertz CT molecular complexity index is 775. The molecule has 0 aromatic heterocycles. The number of hydrogen-bond donors (Lipinski definition) is 0. The molecule has 2 aliphatic rings. The van der Waals surface area contributed by atoms with Gasteiger partial charge in [-0.2, -0.15) is 18.4 Å². The second-order valence-corrected chi connectivity index (χ2v) is 9.31. The topological polar surface area (TPSA) is 33.0 Å². The van der Waals surface area contributed by atoms with Crippen molar-refractivity contribution >= 4 is 0 Å². The molecule has 1 aromatic rings. The fourth-order valence-electron chi connectivity index (χ4n) is 5.07. The number of nitriles is 1. The van der Waals surface area contributed by atoms with Crippen molar-refractivity contribution in [2.24, 2.45) is 11.8 Å². The largest absolute Gasteiger partial charge is 0.416 e. The average molecular weight is 446 g/mol. The van der Waals surface area contributed by atoms with E-state index in [0.29, 0.717) is 17.9 Å². The zero-order valence-electron chi connectivity index (χ0n) is 18.7. The maximum absolute atomic E-state index is 12.8. The second-order valence-electron chi connectivity index (χ2n) is 9.31. The monoisotopic (exact) mass is 445 g/mol. The summed E-state index contributed by atoms with van der Waals surface area (Å²) in [5.74, 6) is 1.72. The third kappa shape index (κ3) is 7.81. The van der Waals surface area contributed by atoms with Crippen LogP contribution < -0.4 is 0 Å². The second kappa shape index (κ2) is 12.3. The van der Waals surface area contributed by atoms with Gasteiger partial charge in [-0.15, -0.1) is 0 Å². The quantitative estimate of drug-likeness (QED) is 0.300. The van der Waals surface area contributed by atoms with Gasteiger partial charge in [0.15, 0.2) is 0 Å². The molecule has 0 aliphatic heterocycles. The molecular weight excluding hydrogens is 411 g/mol. The lowest BCUT2D eigenvalue weighted by atomic mass is 9.79. The Labute approximate surface area is 190 Å². The molecule has 2 aliphatic carbocycles. The molecule has 0 radical (unpaired) electrons. The molecule has 0 atom stereocenters. The van der Waals surface area contributed by atoms with Crippen LogP contribution in [0.25, 0.3) is 0 Å². The Kier molecular flexibility index (Phi) is 9.41. The van der Waals surface area contributed by atoms with Gasteiger partial charge in [-0.1, -0.05) is 30.4 Å². The van der Waals surface area contributed by atoms with Crippen molar-refractivity contribution in [2.45, 2.75) is 82.4 Å². The predicted molar refractivity (Wildman–Crippen MR) is 121 cm³/mol. The zero-order valence-corrected chi connectivity index (χ0v) is 18.7. The molecule has 0 heterocycles. The van der Waals surface area contributed by atoms with Gasteiger partial charge in [0, 0.05) is 12.7 Å². The maximum atomic E-state index is 12.8. The van der Waals surface area contributed by atoms with Gasteiger partial charge in [0.2, 0.25) is 0 Å². The van der Waals surface area contributed by atoms with Gasteiger partial charge in [-0.3, -0.25) is 0 Å². The van der Waals surface area contributed by atoms with E-state index in [0.717, 1.165) is 63.0 Å². The lowest BCUT2D eigenvalue weighted by Gasteiger charge is -2.32. The minimum Gasteiger partial charge on any atom is -0.378 e. The molecule has 32 heavy (non-hydrogen) atoms. The van der Waals surface area contributed by atoms with Crippen LogP contribution in [0.4, 0.5) is 13.2 Å². The number of nitrogens with zero attached hydrogens (tertiary/aromatic N) is 1. The molecule has 0 saturated heterocycles. The van der Waals surface area contributed by atoms with Crippen molar-refractivity contribution in [2.75, 3.05) is 6.61 Å². The fraction of sp³-hybridized carbons (Fsp3) is 0.593. The smallest absolute Gasteiger partial charge is 0.378 e. The first kappa shape index (κ1) is 24.6. The van der Waals surface area contributed by atoms with E-state index in [1.165, 1.54) is 37.5 Å². The summed E-state index contributed by atoms with van der Waals surface area (Å²) in [6.07, 6.45) is 14.7. The summed E-state index contributed by atoms with van der Waals surface area (Å²) >= 11 is 0. The van der Waals surface area contributed by atoms with E-state index >= 15 is 0 Å². The predicted octanol–water partition coefficient (Wildman–Crippen LogP) is 7.97. The molecule has 2 saturated carbocycles. The zero-order chi connectivity index (χ0) is 22.8. The molecule has 0 amide bonds. The third-order valence-corrected chi connectivity index (χ3v) is 7.08. The Morgan fingerprint density at radius 1 is 0.906 bits per heavy atom. The Morgan fingerprint density at radius 2 is 1.56 bits per heavy atom. The number of ether oxygens (including phenoxy) is 1. The van der Waals surface area contributed by atoms with E-state index < -0.39 is 11.7 Å². The highest BCUT2D eigenvalue weighted by atomic mass is 19.4. The summed E-state index contributed by atoms with van der Waals surface area (Å²) in [7, 11) is 0. The number of benzene rings is 1. The van der Waals surface area contributed by atoms with Gasteiger partial charge in [0.05, 0.1) is 17.7 Å². The average Bonchev–Trinajstić information content (AvgIpc) is 2.81. The molecule has 2 nitrogen and oxygen atoms in total. The lowest BCUT2D eigenvalue weighted by molar-refractivity contribution is -0.137. The molecule has 0 spiro atoms. The van der Waals surface area contributed by atoms with Crippen molar-refractivity contribution in [3.8, 4) is 6.07 Å². The van der Waals surface area contributed by atoms with Gasteiger partial charge < -0.3 is 4.74 Å². The molecule has 2 fully saturated rings. The summed E-state index contributed by atoms with van der Waals surface area (Å²) in [6, 6.07) is 7.72. The van der Waals surface area contributed by atoms with E-state index in [1.807, 2.05) is 12.1 Å². The van der Waals surface area contributed by atoms with Gasteiger partial charge in [-0.25, -0.2) is 0 Å². The van der Waals surface area contributed by atoms with Crippen molar-refractivity contribution in [1.29, 1.82) is 5.26 Å². The van der Waals surface area contributed by atoms with Gasteiger partial charge in [0.1, 0.15) is 0 Å². The third-order valence-electron chi connectivity index (χ3n) is 7.08. The number of alkyl halides is 3. The standard InChI is InChI=1S/C27H34F3NO/c28-27(29,30)25-15-13-24(14-16-25)23-11-7-22(8-12-23)20-32-26-17-9-21(10-18-26)6-4-2-1-3-5-19-31/h1-3,5,13-16,21-23,26H,4,6-12,17-18,20H2/t21-,22-,23-,26-. The summed E-state index contributed by atoms with van der Waals surface area (Å²) in [6.45, 7) is 0.822. The first-order valence-corrected chi connectivity index (χ1v) is 12.0. The van der Waals surface area contributed by atoms with Crippen LogP contribution >= 0.6 is 0 Å². The number of allylic oxidation sites excluding steroid dienone is 4. The fourth-order valence-corrected chi connectivity index (χ4v) is 5.07. The van der Waals surface area contributed by atoms with E-state index in [-0.39, 0.29) is 0 Å². The number of halogens is 3. The van der Waals surface area contributed by atoms with Crippen LogP contribution in [0.1, 0.15) is 81.3 Å². The SMILES string of the molecule is N#CC=CC=CCC[C@H]1CC[C@H](OC[C@H]2CC[C@H](c3ccc(C(F)(F)F)cc3)CC2)CC1. The van der Waals surface area contributed by atoms with Crippen LogP contribution in [0, 0.1) is 23.2 Å². The summed E-state index contributed by atoms with van der Waals surface area (Å²) in [4.78, 5) is 0. The van der Waals surface area contributed by atoms with Crippen molar-refractivity contribution in [1.82, 2.24) is 0 Å². The highest BCUT2D eigenvalue weighted by Gasteiger charge is 2.31. The molecule has 3 rings (SSSR count). The minimum absolute atomic E-state index is 0.369. The van der Waals surface area contributed by atoms with Crippen LogP contribution in [0.5, 0.6) is 0 Å². The van der Waals surface area contributed by atoms with Crippen LogP contribution in [-0.2, 0) is 10.9 Å². The van der Waals surface area contributed by atoms with E-state index in [2.05, 4.69) is 6.08 Å². The van der Waals surface area contributed by atoms with E-state index in [1.54, 1.807) is 18.2 Å². The van der Waals surface area contributed by atoms with Crippen LogP contribution in [-0.4, -0.2) is 12.7 Å². The number of rotatable bonds is 8. The van der Waals surface area contributed by atoms with Crippen molar-refractivity contribution < 1.29 is 17.9 Å². The summed E-state index contributed by atoms with van der Waals surface area (Å²) in [5.41, 5.74) is 0.467. The van der Waals surface area contributed by atoms with Crippen molar-refractivity contribution in [3.63, 3.8) is 0 Å². The Hall–Kier alpha value is -2.06. The van der Waals surface area contributed by atoms with Gasteiger partial charge >= 0.3 is 6.18 Å². The Balaban J connectivity index is 1.30. The Morgan fingerprint density at radius 3 is 2.19 bits per heavy atom. The lowest BCUT2D eigenvalue weighted by Crippen LogP contribution is -2.25. The van der Waals surface area contributed by atoms with Crippen molar-refractivity contribution in [3.05, 3.63) is 59.7 Å². The van der Waals surface area contributed by atoms with Crippen LogP contribution in [0.3, 0.4) is 0 Å². The van der Waals surface area contributed by atoms with Crippen LogP contribution in [0.2, 0.25) is 0 Å². The van der Waals surface area contributed by atoms with E-state index in [9.17, 15) is 13.2 Å².